The maximum atomic E-state index is 13.5. The van der Waals surface area contributed by atoms with Crippen molar-refractivity contribution in [3.8, 4) is 17.2 Å². The topological polar surface area (TPSA) is 18.5 Å². The van der Waals surface area contributed by atoms with Gasteiger partial charge in [-0.3, -0.25) is 0 Å². The Labute approximate surface area is 180 Å². The third-order valence-corrected chi connectivity index (χ3v) is 4.09. The highest BCUT2D eigenvalue weighted by Gasteiger charge is 2.35. The van der Waals surface area contributed by atoms with Crippen LogP contribution in [-0.2, 0) is 0 Å². The van der Waals surface area contributed by atoms with Crippen molar-refractivity contribution in [2.24, 2.45) is 0 Å². The summed E-state index contributed by atoms with van der Waals surface area (Å²) in [6, 6.07) is 19.3. The maximum absolute atomic E-state index is 13.5. The molecule has 0 saturated carbocycles. The minimum absolute atomic E-state index is 0.294. The van der Waals surface area contributed by atoms with Gasteiger partial charge >= 0.3 is 12.5 Å². The van der Waals surface area contributed by atoms with E-state index in [0.717, 1.165) is 30.3 Å². The molecule has 32 heavy (non-hydrogen) atoms. The van der Waals surface area contributed by atoms with E-state index in [1.807, 2.05) is 18.2 Å². The first-order chi connectivity index (χ1) is 15.1. The number of para-hydroxylation sites is 1. The molecule has 3 rings (SSSR count). The molecule has 0 fully saturated rings. The summed E-state index contributed by atoms with van der Waals surface area (Å²) >= 11 is 0. The first-order valence-electron chi connectivity index (χ1n) is 9.25. The molecule has 0 bridgehead atoms. The molecular formula is C24H16F6O2. The van der Waals surface area contributed by atoms with Crippen molar-refractivity contribution in [2.45, 2.75) is 12.5 Å². The molecule has 0 heterocycles. The van der Waals surface area contributed by atoms with Crippen molar-refractivity contribution in [1.82, 2.24) is 0 Å². The largest absolute Gasteiger partial charge is 0.573 e. The Morgan fingerprint density at radius 2 is 1.34 bits per heavy atom. The van der Waals surface area contributed by atoms with Gasteiger partial charge in [-0.05, 0) is 53.6 Å². The van der Waals surface area contributed by atoms with E-state index in [4.69, 9.17) is 4.74 Å². The third kappa shape index (κ3) is 6.94. The molecular weight excluding hydrogens is 434 g/mol. The Bertz CT molecular complexity index is 1080. The zero-order valence-corrected chi connectivity index (χ0v) is 16.3. The van der Waals surface area contributed by atoms with Gasteiger partial charge in [0.15, 0.2) is 0 Å². The summed E-state index contributed by atoms with van der Waals surface area (Å²) in [5, 5.41) is 0. The van der Waals surface area contributed by atoms with Crippen molar-refractivity contribution in [3.63, 3.8) is 0 Å². The Morgan fingerprint density at radius 1 is 0.688 bits per heavy atom. The van der Waals surface area contributed by atoms with Crippen LogP contribution in [0.3, 0.4) is 0 Å². The molecule has 0 spiro atoms. The minimum Gasteiger partial charge on any atom is -0.457 e. The van der Waals surface area contributed by atoms with E-state index in [1.54, 1.807) is 36.4 Å². The van der Waals surface area contributed by atoms with Crippen molar-refractivity contribution in [3.05, 3.63) is 102 Å². The van der Waals surface area contributed by atoms with E-state index in [0.29, 0.717) is 17.1 Å². The van der Waals surface area contributed by atoms with Crippen LogP contribution in [0.4, 0.5) is 26.3 Å². The summed E-state index contributed by atoms with van der Waals surface area (Å²) in [6.45, 7) is 0. The van der Waals surface area contributed by atoms with Gasteiger partial charge in [-0.15, -0.1) is 13.2 Å². The summed E-state index contributed by atoms with van der Waals surface area (Å²) in [5.41, 5.74) is -0.702. The number of benzene rings is 3. The molecule has 2 nitrogen and oxygen atoms in total. The molecule has 0 radical (unpaired) electrons. The molecule has 0 unspecified atom stereocenters. The van der Waals surface area contributed by atoms with Crippen molar-refractivity contribution >= 4 is 11.6 Å². The third-order valence-electron chi connectivity index (χ3n) is 4.09. The number of halogens is 6. The molecule has 0 saturated heterocycles. The van der Waals surface area contributed by atoms with Crippen molar-refractivity contribution in [1.29, 1.82) is 0 Å². The number of allylic oxidation sites excluding steroid dienone is 3. The van der Waals surface area contributed by atoms with Gasteiger partial charge in [-0.2, -0.15) is 13.2 Å². The fourth-order valence-corrected chi connectivity index (χ4v) is 2.75. The Morgan fingerprint density at radius 3 is 1.97 bits per heavy atom. The fraction of sp³-hybridized carbons (Fsp3) is 0.0833. The number of alkyl halides is 6. The van der Waals surface area contributed by atoms with Gasteiger partial charge in [0.25, 0.3) is 0 Å². The van der Waals surface area contributed by atoms with Crippen LogP contribution in [0.5, 0.6) is 17.2 Å². The van der Waals surface area contributed by atoms with E-state index >= 15 is 0 Å². The lowest BCUT2D eigenvalue weighted by molar-refractivity contribution is -0.274. The fourth-order valence-electron chi connectivity index (χ4n) is 2.75. The summed E-state index contributed by atoms with van der Waals surface area (Å²) in [7, 11) is 0. The van der Waals surface area contributed by atoms with Gasteiger partial charge in [-0.1, -0.05) is 54.6 Å². The van der Waals surface area contributed by atoms with Crippen LogP contribution in [0.1, 0.15) is 11.1 Å². The summed E-state index contributed by atoms with van der Waals surface area (Å²) in [6.07, 6.45) is -6.11. The maximum Gasteiger partial charge on any atom is 0.573 e. The van der Waals surface area contributed by atoms with E-state index in [2.05, 4.69) is 4.74 Å². The quantitative estimate of drug-likeness (QED) is 0.280. The van der Waals surface area contributed by atoms with Gasteiger partial charge in [0.1, 0.15) is 17.2 Å². The second kappa shape index (κ2) is 9.64. The molecule has 8 heteroatoms. The lowest BCUT2D eigenvalue weighted by Gasteiger charge is -2.13. The predicted molar refractivity (Wildman–Crippen MR) is 109 cm³/mol. The van der Waals surface area contributed by atoms with E-state index in [-0.39, 0.29) is 5.56 Å². The van der Waals surface area contributed by atoms with Crippen molar-refractivity contribution in [2.75, 3.05) is 0 Å². The van der Waals surface area contributed by atoms with E-state index < -0.39 is 23.9 Å². The standard InChI is InChI=1S/C24H16F6O2/c25-23(26,27)22(18-12-14-20(15-13-18)32-24(28,29)30)11-5-7-17-6-4-10-21(16-17)31-19-8-2-1-3-9-19/h1-16H/b7-5+,22-11+. The first kappa shape index (κ1) is 23.0. The zero-order valence-electron chi connectivity index (χ0n) is 16.3. The SMILES string of the molecule is FC(F)(F)Oc1ccc(/C(=C\C=C\c2cccc(Oc3ccccc3)c2)C(F)(F)F)cc1. The Balaban J connectivity index is 1.79. The van der Waals surface area contributed by atoms with Crippen LogP contribution in [-0.4, -0.2) is 12.5 Å². The molecule has 0 aliphatic rings. The first-order valence-corrected chi connectivity index (χ1v) is 9.25. The highest BCUT2D eigenvalue weighted by Crippen LogP contribution is 2.35. The lowest BCUT2D eigenvalue weighted by atomic mass is 10.0. The average molecular weight is 450 g/mol. The smallest absolute Gasteiger partial charge is 0.457 e. The van der Waals surface area contributed by atoms with E-state index in [1.165, 1.54) is 12.2 Å². The molecule has 0 N–H and O–H groups in total. The van der Waals surface area contributed by atoms with Crippen molar-refractivity contribution < 1.29 is 35.8 Å². The molecule has 166 valence electrons. The monoisotopic (exact) mass is 450 g/mol. The predicted octanol–water partition coefficient (Wildman–Crippen LogP) is 8.04. The van der Waals surface area contributed by atoms with Crippen LogP contribution in [0, 0.1) is 0 Å². The lowest BCUT2D eigenvalue weighted by Crippen LogP contribution is -2.17. The summed E-state index contributed by atoms with van der Waals surface area (Å²) in [4.78, 5) is 0. The second-order valence-corrected chi connectivity index (χ2v) is 6.50. The Kier molecular flexibility index (Phi) is 6.92. The molecule has 0 aromatic heterocycles. The Hall–Kier alpha value is -3.68. The molecule has 3 aromatic rings. The van der Waals surface area contributed by atoms with Crippen LogP contribution in [0.25, 0.3) is 11.6 Å². The number of hydrogen-bond donors (Lipinski definition) is 0. The summed E-state index contributed by atoms with van der Waals surface area (Å²) < 4.78 is 86.5. The highest BCUT2D eigenvalue weighted by atomic mass is 19.4. The molecule has 0 aliphatic carbocycles. The number of ether oxygens (including phenoxy) is 2. The highest BCUT2D eigenvalue weighted by molar-refractivity contribution is 5.72. The van der Waals surface area contributed by atoms with Gasteiger partial charge in [0.2, 0.25) is 0 Å². The van der Waals surface area contributed by atoms with Crippen LogP contribution in [0.2, 0.25) is 0 Å². The normalized spacial score (nSPS) is 12.8. The second-order valence-electron chi connectivity index (χ2n) is 6.50. The average Bonchev–Trinajstić information content (AvgIpc) is 2.71. The van der Waals surface area contributed by atoms with Crippen LogP contribution in [0.15, 0.2) is 91.0 Å². The molecule has 3 aromatic carbocycles. The summed E-state index contributed by atoms with van der Waals surface area (Å²) in [5.74, 6) is 0.526. The number of rotatable bonds is 6. The molecule has 0 amide bonds. The van der Waals surface area contributed by atoms with Gasteiger partial charge < -0.3 is 9.47 Å². The van der Waals surface area contributed by atoms with Crippen LogP contribution >= 0.6 is 0 Å². The van der Waals surface area contributed by atoms with Gasteiger partial charge in [0, 0.05) is 0 Å². The van der Waals surface area contributed by atoms with E-state index in [9.17, 15) is 26.3 Å². The molecule has 0 atom stereocenters. The number of hydrogen-bond acceptors (Lipinski definition) is 2. The minimum atomic E-state index is -4.92. The van der Waals surface area contributed by atoms with Crippen LogP contribution < -0.4 is 9.47 Å². The van der Waals surface area contributed by atoms with Gasteiger partial charge in [-0.25, -0.2) is 0 Å². The van der Waals surface area contributed by atoms with Gasteiger partial charge in [0.05, 0.1) is 5.57 Å². The molecule has 0 aliphatic heterocycles. The zero-order chi connectivity index (χ0) is 23.2.